The molecule has 0 radical (unpaired) electrons. The maximum atomic E-state index is 11.2. The van der Waals surface area contributed by atoms with Crippen molar-refractivity contribution in [2.24, 2.45) is 3.95 Å². The van der Waals surface area contributed by atoms with E-state index in [0.29, 0.717) is 0 Å². The Hall–Kier alpha value is 0.480. The molecule has 2 N–H and O–H groups in total. The minimum atomic E-state index is -4.00. The molecule has 5 heteroatoms. The van der Waals surface area contributed by atoms with Gasteiger partial charge in [-0.15, -0.1) is 0 Å². The SMILES string of the molecule is N[I-]CCC(F)(F)F. The molecular weight excluding hydrogens is 234 g/mol. The van der Waals surface area contributed by atoms with Crippen molar-refractivity contribution >= 4 is 0 Å². The van der Waals surface area contributed by atoms with E-state index in [4.69, 9.17) is 3.95 Å². The third-order valence-corrected chi connectivity index (χ3v) is 1.65. The average Bonchev–Trinajstić information content (AvgIpc) is 1.59. The van der Waals surface area contributed by atoms with Crippen LogP contribution in [0, 0.1) is 0 Å². The molecule has 0 aliphatic rings. The van der Waals surface area contributed by atoms with Crippen LogP contribution in [0.1, 0.15) is 6.42 Å². The molecule has 0 amide bonds. The molecule has 0 aromatic carbocycles. The summed E-state index contributed by atoms with van der Waals surface area (Å²) in [6, 6.07) is 0. The molecular formula is C3H6F3IN-. The van der Waals surface area contributed by atoms with Crippen LogP contribution in [-0.2, 0) is 0 Å². The van der Waals surface area contributed by atoms with Crippen LogP contribution >= 0.6 is 0 Å². The van der Waals surface area contributed by atoms with Crippen molar-refractivity contribution < 1.29 is 34.7 Å². The zero-order valence-corrected chi connectivity index (χ0v) is 6.16. The van der Waals surface area contributed by atoms with Crippen LogP contribution in [0.15, 0.2) is 0 Å². The average molecular weight is 240 g/mol. The molecule has 0 unspecified atom stereocenters. The second-order valence-corrected chi connectivity index (χ2v) is 3.17. The second kappa shape index (κ2) is 3.49. The Morgan fingerprint density at radius 3 is 2.00 bits per heavy atom. The van der Waals surface area contributed by atoms with Crippen LogP contribution in [0.4, 0.5) is 13.2 Å². The van der Waals surface area contributed by atoms with E-state index >= 15 is 0 Å². The van der Waals surface area contributed by atoms with Crippen molar-refractivity contribution in [1.29, 1.82) is 0 Å². The molecule has 0 aliphatic carbocycles. The van der Waals surface area contributed by atoms with E-state index in [9.17, 15) is 13.2 Å². The van der Waals surface area contributed by atoms with Gasteiger partial charge in [-0.1, -0.05) is 0 Å². The number of alkyl halides is 4. The van der Waals surface area contributed by atoms with Crippen molar-refractivity contribution in [3.63, 3.8) is 0 Å². The van der Waals surface area contributed by atoms with Gasteiger partial charge in [0.15, 0.2) is 0 Å². The maximum absolute atomic E-state index is 11.2. The van der Waals surface area contributed by atoms with Crippen molar-refractivity contribution in [1.82, 2.24) is 0 Å². The number of nitrogens with two attached hydrogens (primary N) is 1. The first-order valence-electron chi connectivity index (χ1n) is 1.91. The Morgan fingerprint density at radius 1 is 1.38 bits per heavy atom. The van der Waals surface area contributed by atoms with Gasteiger partial charge in [0.25, 0.3) is 0 Å². The van der Waals surface area contributed by atoms with Crippen LogP contribution in [0.2, 0.25) is 0 Å². The summed E-state index contributed by atoms with van der Waals surface area (Å²) in [5.41, 5.74) is 0. The Labute approximate surface area is 56.0 Å². The zero-order chi connectivity index (χ0) is 6.62. The molecule has 0 aliphatic heterocycles. The Kier molecular flexibility index (Phi) is 3.70. The van der Waals surface area contributed by atoms with Gasteiger partial charge in [-0.3, -0.25) is 0 Å². The van der Waals surface area contributed by atoms with E-state index in [1.807, 2.05) is 0 Å². The van der Waals surface area contributed by atoms with Gasteiger partial charge < -0.3 is 0 Å². The predicted molar refractivity (Wildman–Crippen MR) is 19.7 cm³/mol. The third kappa shape index (κ3) is 6.48. The van der Waals surface area contributed by atoms with Gasteiger partial charge in [0.05, 0.1) is 0 Å². The summed E-state index contributed by atoms with van der Waals surface area (Å²) in [6.45, 7) is 0. The Bertz CT molecular complexity index is 62.0. The summed E-state index contributed by atoms with van der Waals surface area (Å²) in [4.78, 5) is 0. The first kappa shape index (κ1) is 8.48. The van der Waals surface area contributed by atoms with Crippen molar-refractivity contribution in [2.45, 2.75) is 12.6 Å². The summed E-state index contributed by atoms with van der Waals surface area (Å²) < 4.78 is 38.7. The number of rotatable bonds is 2. The topological polar surface area (TPSA) is 26.0 Å². The fourth-order valence-electron chi connectivity index (χ4n) is 0.162. The molecule has 52 valence electrons. The minimum absolute atomic E-state index is 0.141. The van der Waals surface area contributed by atoms with Crippen LogP contribution in [0.25, 0.3) is 0 Å². The Balaban J connectivity index is 3.11. The first-order chi connectivity index (χ1) is 3.56. The van der Waals surface area contributed by atoms with Gasteiger partial charge >= 0.3 is 55.6 Å². The van der Waals surface area contributed by atoms with Crippen LogP contribution in [-0.4, -0.2) is 10.6 Å². The van der Waals surface area contributed by atoms with Gasteiger partial charge in [-0.25, -0.2) is 0 Å². The summed E-state index contributed by atoms with van der Waals surface area (Å²) >= 11 is -0.679. The molecule has 1 nitrogen and oxygen atoms in total. The van der Waals surface area contributed by atoms with E-state index in [1.54, 1.807) is 0 Å². The number of hydrogen-bond donors (Lipinski definition) is 1. The number of hydrogen-bond acceptors (Lipinski definition) is 1. The predicted octanol–water partition coefficient (Wildman–Crippen LogP) is -2.10. The molecule has 0 fully saturated rings. The van der Waals surface area contributed by atoms with Crippen molar-refractivity contribution in [2.75, 3.05) is 4.43 Å². The quantitative estimate of drug-likeness (QED) is 0.334. The molecule has 0 heterocycles. The fraction of sp³-hybridized carbons (Fsp3) is 1.00. The normalized spacial score (nSPS) is 12.5. The molecule has 0 spiro atoms. The van der Waals surface area contributed by atoms with Crippen LogP contribution < -0.4 is 25.4 Å². The number of halogens is 4. The zero-order valence-electron chi connectivity index (χ0n) is 4.00. The standard InChI is InChI=1S/C3H6F3IN/c4-3(5,6)1-2-7-8/h1-2,8H2/q-1. The summed E-state index contributed by atoms with van der Waals surface area (Å²) in [5.74, 6) is 0. The van der Waals surface area contributed by atoms with E-state index < -0.39 is 34.1 Å². The first-order valence-corrected chi connectivity index (χ1v) is 4.68. The monoisotopic (exact) mass is 240 g/mol. The van der Waals surface area contributed by atoms with E-state index in [2.05, 4.69) is 0 Å². The molecule has 0 bridgehead atoms. The molecule has 0 aromatic rings. The van der Waals surface area contributed by atoms with Crippen molar-refractivity contribution in [3.8, 4) is 0 Å². The molecule has 0 saturated carbocycles. The van der Waals surface area contributed by atoms with Gasteiger partial charge in [0.1, 0.15) is 0 Å². The van der Waals surface area contributed by atoms with Crippen molar-refractivity contribution in [3.05, 3.63) is 0 Å². The molecule has 0 atom stereocenters. The molecule has 0 saturated heterocycles. The van der Waals surface area contributed by atoms with Gasteiger partial charge in [-0.05, 0) is 0 Å². The molecule has 0 aromatic heterocycles. The third-order valence-electron chi connectivity index (χ3n) is 0.487. The van der Waals surface area contributed by atoms with E-state index in [0.717, 1.165) is 0 Å². The fourth-order valence-corrected chi connectivity index (χ4v) is 1.08. The van der Waals surface area contributed by atoms with Crippen LogP contribution in [0.5, 0.6) is 0 Å². The summed E-state index contributed by atoms with van der Waals surface area (Å²) in [7, 11) is 0. The van der Waals surface area contributed by atoms with Crippen LogP contribution in [0.3, 0.4) is 0 Å². The molecule has 0 rings (SSSR count). The molecule has 8 heavy (non-hydrogen) atoms. The van der Waals surface area contributed by atoms with Gasteiger partial charge in [0, 0.05) is 0 Å². The van der Waals surface area contributed by atoms with Gasteiger partial charge in [0.2, 0.25) is 0 Å². The van der Waals surface area contributed by atoms with Gasteiger partial charge in [-0.2, -0.15) is 0 Å². The van der Waals surface area contributed by atoms with E-state index in [-0.39, 0.29) is 4.43 Å². The summed E-state index contributed by atoms with van der Waals surface area (Å²) in [6.07, 6.45) is -4.71. The Morgan fingerprint density at radius 2 is 1.88 bits per heavy atom. The second-order valence-electron chi connectivity index (χ2n) is 1.21. The summed E-state index contributed by atoms with van der Waals surface area (Å²) in [5, 5.41) is 0. The van der Waals surface area contributed by atoms with E-state index in [1.165, 1.54) is 0 Å².